The fourth-order valence-electron chi connectivity index (χ4n) is 3.31. The second kappa shape index (κ2) is 9.32. The van der Waals surface area contributed by atoms with Crippen molar-refractivity contribution < 1.29 is 0 Å². The first kappa shape index (κ1) is 18.3. The minimum Gasteiger partial charge on any atom is -0.308 e. The Bertz CT molecular complexity index is 251. The number of rotatable bonds is 9. The van der Waals surface area contributed by atoms with Crippen molar-refractivity contribution in [3.05, 3.63) is 0 Å². The number of hydrogen-bond acceptors (Lipinski definition) is 3. The Hall–Kier alpha value is 0.270. The molecule has 1 unspecified atom stereocenters. The molecule has 0 aromatic heterocycles. The lowest BCUT2D eigenvalue weighted by Crippen LogP contribution is -2.64. The fraction of sp³-hybridized carbons (Fsp3) is 1.00. The first-order valence-corrected chi connectivity index (χ1v) is 9.79. The molecule has 2 nitrogen and oxygen atoms in total. The molecular weight excluding hydrogens is 264 g/mol. The highest BCUT2D eigenvalue weighted by atomic mass is 32.2. The van der Waals surface area contributed by atoms with Gasteiger partial charge in [-0.3, -0.25) is 4.90 Å². The van der Waals surface area contributed by atoms with Crippen molar-refractivity contribution in [3.8, 4) is 0 Å². The Morgan fingerprint density at radius 2 is 1.95 bits per heavy atom. The van der Waals surface area contributed by atoms with Crippen LogP contribution >= 0.6 is 11.8 Å². The van der Waals surface area contributed by atoms with Crippen LogP contribution < -0.4 is 5.32 Å². The number of nitrogens with one attached hydrogen (secondary N) is 1. The van der Waals surface area contributed by atoms with Crippen LogP contribution in [-0.2, 0) is 0 Å². The molecule has 1 aliphatic heterocycles. The zero-order valence-corrected chi connectivity index (χ0v) is 15.2. The van der Waals surface area contributed by atoms with Crippen molar-refractivity contribution in [3.63, 3.8) is 0 Å². The highest BCUT2D eigenvalue weighted by Crippen LogP contribution is 2.25. The lowest BCUT2D eigenvalue weighted by atomic mass is 9.87. The molecule has 1 rings (SSSR count). The molecule has 120 valence electrons. The van der Waals surface area contributed by atoms with Crippen LogP contribution in [-0.4, -0.2) is 47.6 Å². The lowest BCUT2D eigenvalue weighted by molar-refractivity contribution is 0.0626. The normalized spacial score (nSPS) is 23.4. The van der Waals surface area contributed by atoms with Crippen molar-refractivity contribution in [1.82, 2.24) is 10.2 Å². The van der Waals surface area contributed by atoms with Gasteiger partial charge in [0.25, 0.3) is 0 Å². The molecule has 0 aromatic carbocycles. The third-order valence-corrected chi connectivity index (χ3v) is 5.76. The van der Waals surface area contributed by atoms with Gasteiger partial charge in [0.2, 0.25) is 0 Å². The number of piperazine rings is 1. The van der Waals surface area contributed by atoms with Crippen molar-refractivity contribution in [2.24, 2.45) is 5.92 Å². The molecule has 0 spiro atoms. The van der Waals surface area contributed by atoms with Gasteiger partial charge in [-0.15, -0.1) is 0 Å². The summed E-state index contributed by atoms with van der Waals surface area (Å²) >= 11 is 2.08. The van der Waals surface area contributed by atoms with Gasteiger partial charge in [-0.1, -0.05) is 34.6 Å². The summed E-state index contributed by atoms with van der Waals surface area (Å²) in [6, 6.07) is 0.743. The number of nitrogens with zero attached hydrogens (tertiary/aromatic N) is 1. The predicted molar refractivity (Wildman–Crippen MR) is 93.7 cm³/mol. The molecule has 3 heteroatoms. The highest BCUT2D eigenvalue weighted by Gasteiger charge is 2.36. The second-order valence-electron chi connectivity index (χ2n) is 6.67. The molecule has 1 aliphatic rings. The topological polar surface area (TPSA) is 15.3 Å². The van der Waals surface area contributed by atoms with Crippen LogP contribution in [0.3, 0.4) is 0 Å². The first-order valence-electron chi connectivity index (χ1n) is 8.63. The molecule has 0 aromatic rings. The van der Waals surface area contributed by atoms with Crippen LogP contribution in [0.2, 0.25) is 0 Å². The van der Waals surface area contributed by atoms with Crippen LogP contribution in [0.4, 0.5) is 0 Å². The molecule has 0 aliphatic carbocycles. The van der Waals surface area contributed by atoms with Gasteiger partial charge in [0.05, 0.1) is 0 Å². The molecule has 1 N–H and O–H groups in total. The Balaban J connectivity index is 2.57. The van der Waals surface area contributed by atoms with E-state index >= 15 is 0 Å². The van der Waals surface area contributed by atoms with E-state index in [4.69, 9.17) is 0 Å². The Labute approximate surface area is 131 Å². The smallest absolute Gasteiger partial charge is 0.0304 e. The van der Waals surface area contributed by atoms with E-state index in [1.165, 1.54) is 56.8 Å². The minimum atomic E-state index is 0.366. The maximum atomic E-state index is 3.87. The van der Waals surface area contributed by atoms with E-state index in [1.54, 1.807) is 0 Å². The van der Waals surface area contributed by atoms with E-state index < -0.39 is 0 Å². The van der Waals surface area contributed by atoms with E-state index in [2.05, 4.69) is 56.6 Å². The van der Waals surface area contributed by atoms with Crippen LogP contribution in [0, 0.1) is 5.92 Å². The average molecular weight is 301 g/mol. The van der Waals surface area contributed by atoms with Gasteiger partial charge in [0.15, 0.2) is 0 Å². The molecule has 0 amide bonds. The van der Waals surface area contributed by atoms with Crippen LogP contribution in [0.25, 0.3) is 0 Å². The zero-order chi connectivity index (χ0) is 15.0. The summed E-state index contributed by atoms with van der Waals surface area (Å²) in [5.41, 5.74) is 0.366. The van der Waals surface area contributed by atoms with Gasteiger partial charge in [-0.2, -0.15) is 11.8 Å². The van der Waals surface area contributed by atoms with Crippen LogP contribution in [0.5, 0.6) is 0 Å². The molecule has 0 radical (unpaired) electrons. The molecule has 0 saturated carbocycles. The third kappa shape index (κ3) is 5.57. The highest BCUT2D eigenvalue weighted by molar-refractivity contribution is 7.99. The second-order valence-corrected chi connectivity index (χ2v) is 8.07. The molecular formula is C17H36N2S. The summed E-state index contributed by atoms with van der Waals surface area (Å²) in [6.07, 6.45) is 5.17. The standard InChI is InChI=1S/C17H36N2S/c1-6-17(7-2)14-19(10-9-11-20-8-3)16(13-18-17)12-15(4)5/h15-16,18H,6-14H2,1-5H3. The van der Waals surface area contributed by atoms with Gasteiger partial charge in [-0.25, -0.2) is 0 Å². The van der Waals surface area contributed by atoms with Crippen LogP contribution in [0.15, 0.2) is 0 Å². The molecule has 0 bridgehead atoms. The molecule has 1 saturated heterocycles. The summed E-state index contributed by atoms with van der Waals surface area (Å²) in [5.74, 6) is 3.37. The zero-order valence-electron chi connectivity index (χ0n) is 14.4. The minimum absolute atomic E-state index is 0.366. The van der Waals surface area contributed by atoms with E-state index in [0.717, 1.165) is 12.0 Å². The summed E-state index contributed by atoms with van der Waals surface area (Å²) in [6.45, 7) is 15.4. The summed E-state index contributed by atoms with van der Waals surface area (Å²) in [7, 11) is 0. The molecule has 1 atom stereocenters. The molecule has 1 fully saturated rings. The van der Waals surface area contributed by atoms with Gasteiger partial charge < -0.3 is 5.32 Å². The Morgan fingerprint density at radius 1 is 1.25 bits per heavy atom. The lowest BCUT2D eigenvalue weighted by Gasteiger charge is -2.48. The van der Waals surface area contributed by atoms with E-state index in [9.17, 15) is 0 Å². The fourth-order valence-corrected chi connectivity index (χ4v) is 3.93. The largest absolute Gasteiger partial charge is 0.308 e. The predicted octanol–water partition coefficient (Wildman–Crippen LogP) is 4.01. The first-order chi connectivity index (χ1) is 9.56. The maximum absolute atomic E-state index is 3.87. The van der Waals surface area contributed by atoms with Gasteiger partial charge >= 0.3 is 0 Å². The van der Waals surface area contributed by atoms with E-state index in [0.29, 0.717) is 5.54 Å². The maximum Gasteiger partial charge on any atom is 0.0304 e. The number of hydrogen-bond donors (Lipinski definition) is 1. The van der Waals surface area contributed by atoms with Crippen molar-refractivity contribution in [1.29, 1.82) is 0 Å². The third-order valence-electron chi connectivity index (χ3n) is 4.77. The van der Waals surface area contributed by atoms with Gasteiger partial charge in [0.1, 0.15) is 0 Å². The van der Waals surface area contributed by atoms with Gasteiger partial charge in [-0.05, 0) is 49.7 Å². The number of thioether (sulfide) groups is 1. The molecule has 20 heavy (non-hydrogen) atoms. The summed E-state index contributed by atoms with van der Waals surface area (Å²) < 4.78 is 0. The van der Waals surface area contributed by atoms with Crippen molar-refractivity contribution in [2.45, 2.75) is 71.9 Å². The SMILES string of the molecule is CCSCCCN1CC(CC)(CC)NCC1CC(C)C. The van der Waals surface area contributed by atoms with Crippen molar-refractivity contribution >= 4 is 11.8 Å². The summed E-state index contributed by atoms with van der Waals surface area (Å²) in [5, 5.41) is 3.87. The van der Waals surface area contributed by atoms with Crippen molar-refractivity contribution in [2.75, 3.05) is 31.1 Å². The van der Waals surface area contributed by atoms with E-state index in [-0.39, 0.29) is 0 Å². The average Bonchev–Trinajstić information content (AvgIpc) is 2.45. The van der Waals surface area contributed by atoms with Gasteiger partial charge in [0, 0.05) is 24.7 Å². The Kier molecular flexibility index (Phi) is 8.54. The quantitative estimate of drug-likeness (QED) is 0.648. The summed E-state index contributed by atoms with van der Waals surface area (Å²) in [4.78, 5) is 2.79. The monoisotopic (exact) mass is 300 g/mol. The molecule has 1 heterocycles. The van der Waals surface area contributed by atoms with E-state index in [1.807, 2.05) is 0 Å². The Morgan fingerprint density at radius 3 is 2.50 bits per heavy atom. The van der Waals surface area contributed by atoms with Crippen LogP contribution in [0.1, 0.15) is 60.3 Å².